The fourth-order valence-electron chi connectivity index (χ4n) is 3.75. The Kier molecular flexibility index (Phi) is 6.48. The van der Waals surface area contributed by atoms with Gasteiger partial charge in [0.15, 0.2) is 0 Å². The van der Waals surface area contributed by atoms with E-state index in [1.165, 1.54) is 11.1 Å². The van der Waals surface area contributed by atoms with Gasteiger partial charge in [0, 0.05) is 5.92 Å². The molecule has 24 heavy (non-hydrogen) atoms. The van der Waals surface area contributed by atoms with Crippen molar-refractivity contribution in [3.05, 3.63) is 56.6 Å². The number of benzene rings is 2. The lowest BCUT2D eigenvalue weighted by atomic mass is 9.80. The summed E-state index contributed by atoms with van der Waals surface area (Å²) in [5, 5.41) is 20.0. The van der Waals surface area contributed by atoms with Crippen LogP contribution in [0.1, 0.15) is 71.2 Å². The first-order chi connectivity index (χ1) is 11.2. The van der Waals surface area contributed by atoms with E-state index in [4.69, 9.17) is 0 Å². The van der Waals surface area contributed by atoms with Crippen molar-refractivity contribution in [1.29, 1.82) is 0 Å². The molecule has 1 atom stereocenters. The number of hydrogen-bond acceptors (Lipinski definition) is 2. The lowest BCUT2D eigenvalue weighted by molar-refractivity contribution is 0.465. The summed E-state index contributed by atoms with van der Waals surface area (Å²) in [5.74, 6) is 0.946. The van der Waals surface area contributed by atoms with Crippen molar-refractivity contribution in [3.63, 3.8) is 0 Å². The van der Waals surface area contributed by atoms with Crippen LogP contribution in [0.25, 0.3) is 0 Å². The van der Waals surface area contributed by atoms with E-state index in [9.17, 15) is 10.2 Å². The van der Waals surface area contributed by atoms with Gasteiger partial charge in [0.1, 0.15) is 11.5 Å². The fraction of sp³-hybridized carbons (Fsp3) is 0.455. The molecule has 2 aromatic carbocycles. The van der Waals surface area contributed by atoms with Gasteiger partial charge in [-0.15, -0.1) is 0 Å². The van der Waals surface area contributed by atoms with Crippen LogP contribution >= 0.6 is 0 Å². The molecule has 0 aliphatic heterocycles. The van der Waals surface area contributed by atoms with Crippen LogP contribution in [0.3, 0.4) is 0 Å². The fourth-order valence-corrected chi connectivity index (χ4v) is 3.75. The van der Waals surface area contributed by atoms with Crippen molar-refractivity contribution >= 4 is 0 Å². The Morgan fingerprint density at radius 1 is 0.667 bits per heavy atom. The summed E-state index contributed by atoms with van der Waals surface area (Å²) in [6.07, 6.45) is 0. The molecule has 0 saturated heterocycles. The van der Waals surface area contributed by atoms with E-state index in [-0.39, 0.29) is 5.92 Å². The molecule has 0 fully saturated rings. The van der Waals surface area contributed by atoms with Gasteiger partial charge in [-0.1, -0.05) is 20.8 Å². The Morgan fingerprint density at radius 3 is 1.42 bits per heavy atom. The molecule has 0 radical (unpaired) electrons. The zero-order valence-electron chi connectivity index (χ0n) is 16.6. The molecule has 0 heterocycles. The van der Waals surface area contributed by atoms with Crippen LogP contribution in [0.15, 0.2) is 12.1 Å². The minimum atomic E-state index is 0.221. The normalized spacial score (nSPS) is 11.7. The van der Waals surface area contributed by atoms with Crippen LogP contribution in [-0.2, 0) is 0 Å². The highest BCUT2D eigenvalue weighted by Gasteiger charge is 2.22. The van der Waals surface area contributed by atoms with E-state index in [1.54, 1.807) is 0 Å². The lowest BCUT2D eigenvalue weighted by Gasteiger charge is -2.25. The molecule has 0 aliphatic carbocycles. The van der Waals surface area contributed by atoms with E-state index in [1.807, 2.05) is 53.7 Å². The van der Waals surface area contributed by atoms with Gasteiger partial charge in [-0.05, 0) is 98.2 Å². The summed E-state index contributed by atoms with van der Waals surface area (Å²) in [7, 11) is 0. The number of hydrogen-bond donors (Lipinski definition) is 2. The Hall–Kier alpha value is -1.96. The molecule has 0 amide bonds. The van der Waals surface area contributed by atoms with Crippen molar-refractivity contribution in [1.82, 2.24) is 0 Å². The van der Waals surface area contributed by atoms with Crippen LogP contribution in [0.5, 0.6) is 11.5 Å². The molecular weight excluding hydrogens is 296 g/mol. The molecule has 2 nitrogen and oxygen atoms in total. The second kappa shape index (κ2) is 7.74. The maximum atomic E-state index is 10.3. The third kappa shape index (κ3) is 3.43. The molecule has 2 heteroatoms. The van der Waals surface area contributed by atoms with Crippen molar-refractivity contribution in [2.45, 2.75) is 68.2 Å². The first kappa shape index (κ1) is 20.1. The summed E-state index contributed by atoms with van der Waals surface area (Å²) < 4.78 is 0. The molecule has 132 valence electrons. The highest BCUT2D eigenvalue weighted by atomic mass is 16.3. The summed E-state index contributed by atoms with van der Waals surface area (Å²) in [5.41, 5.74) is 8.97. The Bertz CT molecular complexity index is 690. The Labute approximate surface area is 147 Å². The quantitative estimate of drug-likeness (QED) is 0.696. The predicted octanol–water partition coefficient (Wildman–Crippen LogP) is 6.13. The van der Waals surface area contributed by atoms with Crippen molar-refractivity contribution in [2.75, 3.05) is 0 Å². The van der Waals surface area contributed by atoms with Gasteiger partial charge in [0.05, 0.1) is 0 Å². The summed E-state index contributed by atoms with van der Waals surface area (Å²) >= 11 is 0. The summed E-state index contributed by atoms with van der Waals surface area (Å²) in [6.45, 7) is 18.4. The minimum absolute atomic E-state index is 0.221. The van der Waals surface area contributed by atoms with Crippen molar-refractivity contribution in [2.24, 2.45) is 0 Å². The van der Waals surface area contributed by atoms with Gasteiger partial charge in [0.25, 0.3) is 0 Å². The average Bonchev–Trinajstić information content (AvgIpc) is 2.52. The first-order valence-electron chi connectivity index (χ1n) is 8.76. The number of aryl methyl sites for hydroxylation is 2. The van der Waals surface area contributed by atoms with Crippen LogP contribution in [0.2, 0.25) is 0 Å². The number of rotatable bonds is 2. The standard InChI is InChI=1S/C20H26O2.C2H6/c1-10-8-17(21)9-11(2)18(10)16(7)19-12(3)14(5)20(22)15(6)13(19)4;1-2/h8-9,16,21-22H,1-7H3;1-2H3. The van der Waals surface area contributed by atoms with E-state index >= 15 is 0 Å². The number of aromatic hydroxyl groups is 2. The maximum Gasteiger partial charge on any atom is 0.121 e. The highest BCUT2D eigenvalue weighted by Crippen LogP contribution is 2.40. The van der Waals surface area contributed by atoms with Crippen LogP contribution in [0.4, 0.5) is 0 Å². The van der Waals surface area contributed by atoms with Crippen LogP contribution < -0.4 is 0 Å². The minimum Gasteiger partial charge on any atom is -0.508 e. The number of phenolic OH excluding ortho intramolecular Hbond substituents is 2. The topological polar surface area (TPSA) is 40.5 Å². The van der Waals surface area contributed by atoms with Crippen LogP contribution in [-0.4, -0.2) is 10.2 Å². The summed E-state index contributed by atoms with van der Waals surface area (Å²) in [4.78, 5) is 0. The zero-order chi connectivity index (χ0) is 18.8. The van der Waals surface area contributed by atoms with Gasteiger partial charge < -0.3 is 10.2 Å². The molecule has 0 aliphatic rings. The lowest BCUT2D eigenvalue weighted by Crippen LogP contribution is -2.08. The first-order valence-corrected chi connectivity index (χ1v) is 8.76. The average molecular weight is 328 g/mol. The third-order valence-corrected chi connectivity index (χ3v) is 5.09. The van der Waals surface area contributed by atoms with Gasteiger partial charge in [-0.25, -0.2) is 0 Å². The predicted molar refractivity (Wildman–Crippen MR) is 104 cm³/mol. The van der Waals surface area contributed by atoms with Crippen molar-refractivity contribution in [3.8, 4) is 11.5 Å². The van der Waals surface area contributed by atoms with Crippen molar-refractivity contribution < 1.29 is 10.2 Å². The molecule has 1 unspecified atom stereocenters. The second-order valence-electron chi connectivity index (χ2n) is 6.48. The molecule has 0 saturated carbocycles. The maximum absolute atomic E-state index is 10.3. The largest absolute Gasteiger partial charge is 0.508 e. The zero-order valence-corrected chi connectivity index (χ0v) is 16.6. The smallest absolute Gasteiger partial charge is 0.121 e. The van der Waals surface area contributed by atoms with Gasteiger partial charge >= 0.3 is 0 Å². The highest BCUT2D eigenvalue weighted by molar-refractivity contribution is 5.57. The van der Waals surface area contributed by atoms with Gasteiger partial charge in [0.2, 0.25) is 0 Å². The van der Waals surface area contributed by atoms with Gasteiger partial charge in [-0.2, -0.15) is 0 Å². The van der Waals surface area contributed by atoms with E-state index < -0.39 is 0 Å². The molecular formula is C22H32O2. The van der Waals surface area contributed by atoms with Crippen LogP contribution in [0, 0.1) is 41.5 Å². The molecule has 0 bridgehead atoms. The Morgan fingerprint density at radius 2 is 1.04 bits per heavy atom. The van der Waals surface area contributed by atoms with E-state index in [0.29, 0.717) is 11.5 Å². The molecule has 0 spiro atoms. The molecule has 2 N–H and O–H groups in total. The monoisotopic (exact) mass is 328 g/mol. The molecule has 0 aromatic heterocycles. The van der Waals surface area contributed by atoms with E-state index in [2.05, 4.69) is 20.8 Å². The van der Waals surface area contributed by atoms with E-state index in [0.717, 1.165) is 33.4 Å². The number of phenols is 2. The van der Waals surface area contributed by atoms with Gasteiger partial charge in [-0.3, -0.25) is 0 Å². The Balaban J connectivity index is 0.00000139. The molecule has 2 aromatic rings. The molecule has 2 rings (SSSR count). The second-order valence-corrected chi connectivity index (χ2v) is 6.48. The summed E-state index contributed by atoms with van der Waals surface area (Å²) in [6, 6.07) is 3.65. The SMILES string of the molecule is CC.Cc1cc(O)cc(C)c1C(C)c1c(C)c(C)c(O)c(C)c1C. The third-order valence-electron chi connectivity index (χ3n) is 5.09.